The van der Waals surface area contributed by atoms with E-state index in [1.165, 1.54) is 12.8 Å². The summed E-state index contributed by atoms with van der Waals surface area (Å²) in [7, 11) is 0. The van der Waals surface area contributed by atoms with E-state index in [2.05, 4.69) is 23.6 Å². The second-order valence-corrected chi connectivity index (χ2v) is 6.99. The molecule has 0 aromatic heterocycles. The van der Waals surface area contributed by atoms with Gasteiger partial charge in [-0.2, -0.15) is 0 Å². The molecule has 3 atom stereocenters. The lowest BCUT2D eigenvalue weighted by Gasteiger charge is -2.40. The van der Waals surface area contributed by atoms with Crippen molar-refractivity contribution in [2.24, 2.45) is 5.92 Å². The number of rotatable bonds is 3. The minimum absolute atomic E-state index is 0.136. The van der Waals surface area contributed by atoms with Crippen molar-refractivity contribution in [3.63, 3.8) is 0 Å². The number of ether oxygens (including phenoxy) is 1. The number of likely N-dealkylation sites (tertiary alicyclic amines) is 1. The van der Waals surface area contributed by atoms with Gasteiger partial charge in [-0.3, -0.25) is 9.69 Å². The van der Waals surface area contributed by atoms with E-state index in [9.17, 15) is 4.79 Å². The van der Waals surface area contributed by atoms with Crippen LogP contribution in [-0.4, -0.2) is 60.1 Å². The molecule has 4 heteroatoms. The summed E-state index contributed by atoms with van der Waals surface area (Å²) in [5, 5.41) is 0. The Kier molecular flexibility index (Phi) is 4.32. The van der Waals surface area contributed by atoms with Crippen LogP contribution in [0.25, 0.3) is 0 Å². The van der Waals surface area contributed by atoms with Gasteiger partial charge in [-0.25, -0.2) is 0 Å². The molecule has 4 nitrogen and oxygen atoms in total. The smallest absolute Gasteiger partial charge is 0.240 e. The molecule has 2 heterocycles. The Morgan fingerprint density at radius 1 is 1.20 bits per heavy atom. The Hall–Kier alpha value is -0.610. The van der Waals surface area contributed by atoms with Crippen molar-refractivity contribution in [3.8, 4) is 0 Å². The van der Waals surface area contributed by atoms with Crippen LogP contribution in [0.5, 0.6) is 0 Å². The lowest BCUT2D eigenvalue weighted by atomic mass is 10.1. The number of morpholine rings is 1. The van der Waals surface area contributed by atoms with E-state index in [1.807, 2.05) is 0 Å². The fourth-order valence-corrected chi connectivity index (χ4v) is 4.18. The molecule has 1 amide bonds. The third-order valence-electron chi connectivity index (χ3n) is 5.01. The molecule has 0 spiro atoms. The molecule has 1 aliphatic carbocycles. The number of amides is 1. The van der Waals surface area contributed by atoms with Gasteiger partial charge >= 0.3 is 0 Å². The SMILES string of the molecule is CC(C)CN1CCCC1C(=O)N1CCO[C@@H]2CCC[C@@H]21. The third-order valence-corrected chi connectivity index (χ3v) is 5.01. The molecule has 3 aliphatic rings. The highest BCUT2D eigenvalue weighted by Crippen LogP contribution is 2.31. The van der Waals surface area contributed by atoms with Gasteiger partial charge in [0.15, 0.2) is 0 Å². The van der Waals surface area contributed by atoms with Crippen LogP contribution >= 0.6 is 0 Å². The molecule has 1 unspecified atom stereocenters. The maximum atomic E-state index is 13.0. The van der Waals surface area contributed by atoms with E-state index < -0.39 is 0 Å². The quantitative estimate of drug-likeness (QED) is 0.791. The first-order valence-corrected chi connectivity index (χ1v) is 8.33. The fraction of sp³-hybridized carbons (Fsp3) is 0.938. The van der Waals surface area contributed by atoms with Crippen molar-refractivity contribution in [2.45, 2.75) is 64.1 Å². The summed E-state index contributed by atoms with van der Waals surface area (Å²) >= 11 is 0. The number of hydrogen-bond donors (Lipinski definition) is 0. The number of carbonyl (C=O) groups excluding carboxylic acids is 1. The van der Waals surface area contributed by atoms with Crippen LogP contribution in [0, 0.1) is 5.92 Å². The Morgan fingerprint density at radius 3 is 2.85 bits per heavy atom. The molecule has 2 saturated heterocycles. The van der Waals surface area contributed by atoms with Crippen LogP contribution in [0.1, 0.15) is 46.0 Å². The first-order valence-electron chi connectivity index (χ1n) is 8.33. The van der Waals surface area contributed by atoms with E-state index in [4.69, 9.17) is 4.74 Å². The molecule has 0 aromatic carbocycles. The lowest BCUT2D eigenvalue weighted by Crippen LogP contribution is -2.56. The second-order valence-electron chi connectivity index (χ2n) is 6.99. The predicted octanol–water partition coefficient (Wildman–Crippen LogP) is 1.89. The van der Waals surface area contributed by atoms with Gasteiger partial charge in [0.05, 0.1) is 24.8 Å². The highest BCUT2D eigenvalue weighted by atomic mass is 16.5. The predicted molar refractivity (Wildman–Crippen MR) is 78.5 cm³/mol. The first-order chi connectivity index (χ1) is 9.66. The molecule has 0 radical (unpaired) electrons. The molecular weight excluding hydrogens is 252 g/mol. The maximum absolute atomic E-state index is 13.0. The number of carbonyl (C=O) groups is 1. The highest BCUT2D eigenvalue weighted by molar-refractivity contribution is 5.82. The van der Waals surface area contributed by atoms with Gasteiger partial charge in [-0.05, 0) is 44.6 Å². The van der Waals surface area contributed by atoms with Gasteiger partial charge in [-0.1, -0.05) is 13.8 Å². The summed E-state index contributed by atoms with van der Waals surface area (Å²) in [5.74, 6) is 1.01. The summed E-state index contributed by atoms with van der Waals surface area (Å²) in [6, 6.07) is 0.495. The monoisotopic (exact) mass is 280 g/mol. The Labute approximate surface area is 122 Å². The topological polar surface area (TPSA) is 32.8 Å². The summed E-state index contributed by atoms with van der Waals surface area (Å²) in [6.07, 6.45) is 6.00. The minimum atomic E-state index is 0.136. The molecule has 1 saturated carbocycles. The van der Waals surface area contributed by atoms with Crippen LogP contribution in [0.4, 0.5) is 0 Å². The molecule has 20 heavy (non-hydrogen) atoms. The second kappa shape index (κ2) is 6.02. The summed E-state index contributed by atoms with van der Waals surface area (Å²) in [4.78, 5) is 17.5. The minimum Gasteiger partial charge on any atom is -0.374 e. The van der Waals surface area contributed by atoms with E-state index in [1.54, 1.807) is 0 Å². The van der Waals surface area contributed by atoms with E-state index in [0.29, 0.717) is 24.0 Å². The first kappa shape index (κ1) is 14.3. The lowest BCUT2D eigenvalue weighted by molar-refractivity contribution is -0.148. The largest absolute Gasteiger partial charge is 0.374 e. The van der Waals surface area contributed by atoms with Crippen LogP contribution in [0.2, 0.25) is 0 Å². The van der Waals surface area contributed by atoms with Crippen molar-refractivity contribution < 1.29 is 9.53 Å². The Balaban J connectivity index is 1.67. The van der Waals surface area contributed by atoms with Crippen LogP contribution in [0.15, 0.2) is 0 Å². The summed E-state index contributed by atoms with van der Waals surface area (Å²) < 4.78 is 5.83. The van der Waals surface area contributed by atoms with Crippen molar-refractivity contribution in [1.29, 1.82) is 0 Å². The van der Waals surface area contributed by atoms with Crippen LogP contribution in [-0.2, 0) is 9.53 Å². The van der Waals surface area contributed by atoms with Crippen molar-refractivity contribution in [2.75, 3.05) is 26.2 Å². The molecule has 3 fully saturated rings. The van der Waals surface area contributed by atoms with E-state index in [0.717, 1.165) is 45.5 Å². The molecule has 3 rings (SSSR count). The highest BCUT2D eigenvalue weighted by Gasteiger charge is 2.42. The van der Waals surface area contributed by atoms with Crippen molar-refractivity contribution in [1.82, 2.24) is 9.80 Å². The maximum Gasteiger partial charge on any atom is 0.240 e. The molecule has 114 valence electrons. The third kappa shape index (κ3) is 2.73. The van der Waals surface area contributed by atoms with Crippen LogP contribution < -0.4 is 0 Å². The van der Waals surface area contributed by atoms with Gasteiger partial charge in [-0.15, -0.1) is 0 Å². The zero-order valence-electron chi connectivity index (χ0n) is 12.9. The van der Waals surface area contributed by atoms with Gasteiger partial charge in [0.2, 0.25) is 5.91 Å². The zero-order chi connectivity index (χ0) is 14.1. The number of nitrogens with zero attached hydrogens (tertiary/aromatic N) is 2. The normalized spacial score (nSPS) is 34.8. The van der Waals surface area contributed by atoms with Crippen LogP contribution in [0.3, 0.4) is 0 Å². The number of hydrogen-bond acceptors (Lipinski definition) is 3. The van der Waals surface area contributed by atoms with Gasteiger partial charge < -0.3 is 9.64 Å². The molecule has 2 aliphatic heterocycles. The van der Waals surface area contributed by atoms with Crippen molar-refractivity contribution >= 4 is 5.91 Å². The molecule has 0 aromatic rings. The van der Waals surface area contributed by atoms with E-state index in [-0.39, 0.29) is 6.04 Å². The van der Waals surface area contributed by atoms with Gasteiger partial charge in [0, 0.05) is 13.1 Å². The zero-order valence-corrected chi connectivity index (χ0v) is 12.9. The van der Waals surface area contributed by atoms with E-state index >= 15 is 0 Å². The molecule has 0 bridgehead atoms. The average Bonchev–Trinajstić information content (AvgIpc) is 3.05. The standard InChI is InChI=1S/C16H28N2O2/c1-12(2)11-17-8-4-6-14(17)16(19)18-9-10-20-15-7-3-5-13(15)18/h12-15H,3-11H2,1-2H3/t13-,14?,15+/m0/s1. The van der Waals surface area contributed by atoms with Crippen molar-refractivity contribution in [3.05, 3.63) is 0 Å². The average molecular weight is 280 g/mol. The Morgan fingerprint density at radius 2 is 2.05 bits per heavy atom. The van der Waals surface area contributed by atoms with Gasteiger partial charge in [0.1, 0.15) is 0 Å². The molecule has 0 N–H and O–H groups in total. The molecular formula is C16H28N2O2. The summed E-state index contributed by atoms with van der Waals surface area (Å²) in [5.41, 5.74) is 0. The fourth-order valence-electron chi connectivity index (χ4n) is 4.18. The Bertz CT molecular complexity index is 358. The van der Waals surface area contributed by atoms with Gasteiger partial charge in [0.25, 0.3) is 0 Å². The number of fused-ring (bicyclic) bond motifs is 1. The summed E-state index contributed by atoms with van der Waals surface area (Å²) in [6.45, 7) is 8.14.